The Balaban J connectivity index is 1.46. The van der Waals surface area contributed by atoms with E-state index in [0.29, 0.717) is 36.8 Å². The Morgan fingerprint density at radius 2 is 2.20 bits per heavy atom. The molecule has 0 radical (unpaired) electrons. The average molecular weight is 348 g/mol. The van der Waals surface area contributed by atoms with Crippen molar-refractivity contribution in [1.29, 1.82) is 0 Å². The molecule has 1 fully saturated rings. The number of amides is 2. The Hall–Kier alpha value is -2.48. The van der Waals surface area contributed by atoms with Crippen molar-refractivity contribution in [2.45, 2.75) is 25.4 Å². The quantitative estimate of drug-likeness (QED) is 0.866. The van der Waals surface area contributed by atoms with Gasteiger partial charge in [0.15, 0.2) is 5.82 Å². The lowest BCUT2D eigenvalue weighted by molar-refractivity contribution is 0.109. The first-order valence-corrected chi connectivity index (χ1v) is 8.31. The van der Waals surface area contributed by atoms with Crippen molar-refractivity contribution in [2.24, 2.45) is 0 Å². The van der Waals surface area contributed by atoms with Crippen molar-refractivity contribution in [3.8, 4) is 11.5 Å². The second kappa shape index (κ2) is 8.06. The molecule has 1 aromatic carbocycles. The van der Waals surface area contributed by atoms with Crippen LogP contribution in [-0.2, 0) is 11.2 Å². The summed E-state index contributed by atoms with van der Waals surface area (Å²) in [5.74, 6) is 0.512. The summed E-state index contributed by atoms with van der Waals surface area (Å²) in [4.78, 5) is 17.9. The van der Waals surface area contributed by atoms with E-state index >= 15 is 0 Å². The van der Waals surface area contributed by atoms with Crippen molar-refractivity contribution >= 4 is 6.03 Å². The number of halogens is 1. The van der Waals surface area contributed by atoms with E-state index in [1.54, 1.807) is 24.1 Å². The monoisotopic (exact) mass is 348 g/mol. The van der Waals surface area contributed by atoms with E-state index in [-0.39, 0.29) is 18.0 Å². The fourth-order valence-electron chi connectivity index (χ4n) is 2.58. The van der Waals surface area contributed by atoms with Crippen LogP contribution in [0.15, 0.2) is 28.8 Å². The summed E-state index contributed by atoms with van der Waals surface area (Å²) in [6.07, 6.45) is 2.62. The van der Waals surface area contributed by atoms with Crippen LogP contribution < -0.4 is 5.32 Å². The van der Waals surface area contributed by atoms with E-state index in [1.807, 2.05) is 0 Å². The topological polar surface area (TPSA) is 80.5 Å². The number of nitrogens with zero attached hydrogens (tertiary/aromatic N) is 3. The molecular formula is C17H21FN4O3. The van der Waals surface area contributed by atoms with Crippen LogP contribution in [0.2, 0.25) is 0 Å². The van der Waals surface area contributed by atoms with Crippen LogP contribution in [0, 0.1) is 5.82 Å². The van der Waals surface area contributed by atoms with Crippen molar-refractivity contribution in [3.63, 3.8) is 0 Å². The summed E-state index contributed by atoms with van der Waals surface area (Å²) in [5, 5.41) is 6.76. The molecule has 0 bridgehead atoms. The maximum atomic E-state index is 12.9. The molecule has 1 atom stereocenters. The van der Waals surface area contributed by atoms with Crippen LogP contribution in [-0.4, -0.2) is 53.9 Å². The van der Waals surface area contributed by atoms with Gasteiger partial charge in [0.05, 0.1) is 6.10 Å². The van der Waals surface area contributed by atoms with Gasteiger partial charge in [-0.25, -0.2) is 9.18 Å². The second-order valence-corrected chi connectivity index (χ2v) is 6.02. The van der Waals surface area contributed by atoms with E-state index in [9.17, 15) is 9.18 Å². The maximum absolute atomic E-state index is 12.9. The van der Waals surface area contributed by atoms with E-state index < -0.39 is 0 Å². The van der Waals surface area contributed by atoms with Gasteiger partial charge in [0.25, 0.3) is 5.89 Å². The highest BCUT2D eigenvalue weighted by Crippen LogP contribution is 2.17. The number of likely N-dealkylation sites (N-methyl/N-ethyl adjacent to an activating group) is 1. The fourth-order valence-corrected chi connectivity index (χ4v) is 2.58. The molecule has 7 nitrogen and oxygen atoms in total. The number of carbonyl (C=O) groups is 1. The first kappa shape index (κ1) is 17.3. The van der Waals surface area contributed by atoms with E-state index in [0.717, 1.165) is 19.4 Å². The molecule has 1 aromatic heterocycles. The Morgan fingerprint density at radius 1 is 1.40 bits per heavy atom. The summed E-state index contributed by atoms with van der Waals surface area (Å²) in [6, 6.07) is 5.68. The molecule has 0 unspecified atom stereocenters. The van der Waals surface area contributed by atoms with Crippen LogP contribution >= 0.6 is 0 Å². The van der Waals surface area contributed by atoms with Crippen molar-refractivity contribution in [3.05, 3.63) is 35.9 Å². The zero-order valence-corrected chi connectivity index (χ0v) is 14.1. The van der Waals surface area contributed by atoms with Gasteiger partial charge in [-0.3, -0.25) is 0 Å². The molecule has 0 saturated carbocycles. The number of aromatic nitrogens is 2. The molecule has 2 heterocycles. The van der Waals surface area contributed by atoms with Crippen LogP contribution in [0.1, 0.15) is 18.7 Å². The van der Waals surface area contributed by atoms with Crippen LogP contribution in [0.5, 0.6) is 0 Å². The van der Waals surface area contributed by atoms with Gasteiger partial charge < -0.3 is 19.5 Å². The molecule has 1 saturated heterocycles. The van der Waals surface area contributed by atoms with Gasteiger partial charge in [-0.05, 0) is 37.1 Å². The fraction of sp³-hybridized carbons (Fsp3) is 0.471. The SMILES string of the molecule is CN(CCc1noc(-c2ccc(F)cc2)n1)C(=O)NC[C@H]1CCCO1. The highest BCUT2D eigenvalue weighted by atomic mass is 19.1. The van der Waals surface area contributed by atoms with E-state index in [4.69, 9.17) is 9.26 Å². The van der Waals surface area contributed by atoms with E-state index in [2.05, 4.69) is 15.5 Å². The second-order valence-electron chi connectivity index (χ2n) is 6.02. The van der Waals surface area contributed by atoms with Gasteiger partial charge in [-0.1, -0.05) is 5.16 Å². The van der Waals surface area contributed by atoms with Gasteiger partial charge in [0.2, 0.25) is 0 Å². The maximum Gasteiger partial charge on any atom is 0.317 e. The van der Waals surface area contributed by atoms with Crippen molar-refractivity contribution < 1.29 is 18.4 Å². The zero-order chi connectivity index (χ0) is 17.6. The van der Waals surface area contributed by atoms with Crippen molar-refractivity contribution in [1.82, 2.24) is 20.4 Å². The van der Waals surface area contributed by atoms with Crippen LogP contribution in [0.4, 0.5) is 9.18 Å². The summed E-state index contributed by atoms with van der Waals surface area (Å²) in [5.41, 5.74) is 0.655. The van der Waals surface area contributed by atoms with Gasteiger partial charge >= 0.3 is 6.03 Å². The van der Waals surface area contributed by atoms with Gasteiger partial charge in [-0.2, -0.15) is 4.98 Å². The lowest BCUT2D eigenvalue weighted by Crippen LogP contribution is -2.41. The number of nitrogens with one attached hydrogen (secondary N) is 1. The standard InChI is InChI=1S/C17H21FN4O3/c1-22(17(23)19-11-14-3-2-10-24-14)9-8-15-20-16(25-21-15)12-4-6-13(18)7-5-12/h4-7,14H,2-3,8-11H2,1H3,(H,19,23)/t14-/m1/s1. The molecule has 3 rings (SSSR count). The van der Waals surface area contributed by atoms with Crippen LogP contribution in [0.3, 0.4) is 0 Å². The summed E-state index contributed by atoms with van der Waals surface area (Å²) < 4.78 is 23.6. The Morgan fingerprint density at radius 3 is 2.92 bits per heavy atom. The van der Waals surface area contributed by atoms with Crippen LogP contribution in [0.25, 0.3) is 11.5 Å². The molecule has 2 aromatic rings. The Kier molecular flexibility index (Phi) is 5.60. The summed E-state index contributed by atoms with van der Waals surface area (Å²) in [7, 11) is 1.71. The number of urea groups is 1. The lowest BCUT2D eigenvalue weighted by atomic mass is 10.2. The third-order valence-corrected chi connectivity index (χ3v) is 4.08. The molecule has 0 aliphatic carbocycles. The number of benzene rings is 1. The zero-order valence-electron chi connectivity index (χ0n) is 14.1. The Bertz CT molecular complexity index is 698. The minimum absolute atomic E-state index is 0.118. The number of ether oxygens (including phenoxy) is 1. The van der Waals surface area contributed by atoms with Gasteiger partial charge in [-0.15, -0.1) is 0 Å². The normalized spacial score (nSPS) is 16.8. The average Bonchev–Trinajstić information content (AvgIpc) is 3.30. The Labute approximate surface area is 145 Å². The first-order valence-electron chi connectivity index (χ1n) is 8.31. The predicted molar refractivity (Wildman–Crippen MR) is 88.4 cm³/mol. The number of hydrogen-bond acceptors (Lipinski definition) is 5. The minimum atomic E-state index is -0.320. The highest BCUT2D eigenvalue weighted by molar-refractivity contribution is 5.73. The first-order chi connectivity index (χ1) is 12.1. The molecule has 1 N–H and O–H groups in total. The molecule has 25 heavy (non-hydrogen) atoms. The molecule has 8 heteroatoms. The molecular weight excluding hydrogens is 327 g/mol. The number of carbonyl (C=O) groups excluding carboxylic acids is 1. The number of rotatable bonds is 6. The molecule has 2 amide bonds. The number of hydrogen-bond donors (Lipinski definition) is 1. The minimum Gasteiger partial charge on any atom is -0.376 e. The smallest absolute Gasteiger partial charge is 0.317 e. The van der Waals surface area contributed by atoms with Crippen molar-refractivity contribution in [2.75, 3.05) is 26.7 Å². The predicted octanol–water partition coefficient (Wildman–Crippen LogP) is 2.24. The molecule has 134 valence electrons. The molecule has 1 aliphatic rings. The summed E-state index contributed by atoms with van der Waals surface area (Å²) >= 11 is 0. The third-order valence-electron chi connectivity index (χ3n) is 4.08. The van der Waals surface area contributed by atoms with Gasteiger partial charge in [0, 0.05) is 38.7 Å². The lowest BCUT2D eigenvalue weighted by Gasteiger charge is -2.18. The van der Waals surface area contributed by atoms with Gasteiger partial charge in [0.1, 0.15) is 5.82 Å². The van der Waals surface area contributed by atoms with E-state index in [1.165, 1.54) is 12.1 Å². The third kappa shape index (κ3) is 4.76. The highest BCUT2D eigenvalue weighted by Gasteiger charge is 2.18. The molecule has 1 aliphatic heterocycles. The largest absolute Gasteiger partial charge is 0.376 e. The summed E-state index contributed by atoms with van der Waals surface area (Å²) in [6.45, 7) is 1.75. The molecule has 0 spiro atoms.